The third-order valence-electron chi connectivity index (χ3n) is 3.71. The van der Waals surface area contributed by atoms with E-state index in [1.54, 1.807) is 0 Å². The molecule has 1 aliphatic heterocycles. The Balaban J connectivity index is 1.98. The van der Waals surface area contributed by atoms with Crippen molar-refractivity contribution in [2.45, 2.75) is 26.2 Å². The van der Waals surface area contributed by atoms with Gasteiger partial charge in [-0.3, -0.25) is 4.79 Å². The Hall–Kier alpha value is -1.77. The molecule has 1 saturated heterocycles. The number of nitrogens with zero attached hydrogens (tertiary/aromatic N) is 1. The van der Waals surface area contributed by atoms with Crippen LogP contribution in [0.2, 0.25) is 0 Å². The minimum absolute atomic E-state index is 0.173. The Morgan fingerprint density at radius 3 is 2.78 bits per heavy atom. The van der Waals surface area contributed by atoms with Crippen molar-refractivity contribution in [2.24, 2.45) is 0 Å². The van der Waals surface area contributed by atoms with Crippen molar-refractivity contribution in [2.75, 3.05) is 13.1 Å². The Labute approximate surface area is 107 Å². The van der Waals surface area contributed by atoms with Gasteiger partial charge in [0.05, 0.1) is 5.56 Å². The monoisotopic (exact) mass is 242 g/mol. The van der Waals surface area contributed by atoms with Gasteiger partial charge >= 0.3 is 0 Å². The Bertz CT molecular complexity index is 579. The van der Waals surface area contributed by atoms with Crippen LogP contribution >= 0.6 is 0 Å². The highest BCUT2D eigenvalue weighted by atomic mass is 16.2. The van der Waals surface area contributed by atoms with Gasteiger partial charge < -0.3 is 9.88 Å². The van der Waals surface area contributed by atoms with Gasteiger partial charge in [-0.05, 0) is 38.3 Å². The summed E-state index contributed by atoms with van der Waals surface area (Å²) in [7, 11) is 0. The first kappa shape index (κ1) is 11.3. The Kier molecular flexibility index (Phi) is 2.82. The number of likely N-dealkylation sites (tertiary alicyclic amines) is 1. The van der Waals surface area contributed by atoms with Gasteiger partial charge in [-0.15, -0.1) is 0 Å². The van der Waals surface area contributed by atoms with Gasteiger partial charge in [0.1, 0.15) is 0 Å². The maximum absolute atomic E-state index is 12.5. The number of H-pyrrole nitrogens is 1. The second kappa shape index (κ2) is 4.48. The van der Waals surface area contributed by atoms with E-state index in [0.717, 1.165) is 42.4 Å². The van der Waals surface area contributed by atoms with Gasteiger partial charge in [-0.2, -0.15) is 0 Å². The maximum Gasteiger partial charge on any atom is 0.256 e. The lowest BCUT2D eigenvalue weighted by atomic mass is 10.1. The fourth-order valence-corrected chi connectivity index (χ4v) is 2.68. The van der Waals surface area contributed by atoms with Crippen LogP contribution < -0.4 is 0 Å². The lowest BCUT2D eigenvalue weighted by molar-refractivity contribution is 0.0726. The number of amides is 1. The number of hydrogen-bond acceptors (Lipinski definition) is 1. The van der Waals surface area contributed by atoms with Crippen LogP contribution in [-0.2, 0) is 0 Å². The normalized spacial score (nSPS) is 16.2. The van der Waals surface area contributed by atoms with Crippen molar-refractivity contribution in [3.8, 4) is 0 Å². The first-order valence-electron chi connectivity index (χ1n) is 6.63. The second-order valence-electron chi connectivity index (χ2n) is 5.10. The first-order valence-corrected chi connectivity index (χ1v) is 6.63. The van der Waals surface area contributed by atoms with Crippen LogP contribution in [0.5, 0.6) is 0 Å². The number of hydrogen-bond donors (Lipinski definition) is 1. The molecule has 1 N–H and O–H groups in total. The zero-order chi connectivity index (χ0) is 12.5. The molecule has 1 aliphatic rings. The zero-order valence-corrected chi connectivity index (χ0v) is 10.7. The molecule has 0 atom stereocenters. The maximum atomic E-state index is 12.5. The highest BCUT2D eigenvalue weighted by Crippen LogP contribution is 2.22. The van der Waals surface area contributed by atoms with Crippen molar-refractivity contribution < 1.29 is 4.79 Å². The van der Waals surface area contributed by atoms with E-state index in [4.69, 9.17) is 0 Å². The van der Waals surface area contributed by atoms with E-state index < -0.39 is 0 Å². The smallest absolute Gasteiger partial charge is 0.256 e. The predicted molar refractivity (Wildman–Crippen MR) is 72.8 cm³/mol. The van der Waals surface area contributed by atoms with Crippen molar-refractivity contribution >= 4 is 16.8 Å². The van der Waals surface area contributed by atoms with Crippen LogP contribution in [0.15, 0.2) is 24.4 Å². The van der Waals surface area contributed by atoms with Crippen molar-refractivity contribution in [1.29, 1.82) is 0 Å². The number of carbonyl (C=O) groups is 1. The summed E-state index contributed by atoms with van der Waals surface area (Å²) < 4.78 is 0. The molecule has 0 radical (unpaired) electrons. The molecule has 0 unspecified atom stereocenters. The van der Waals surface area contributed by atoms with Crippen LogP contribution in [0.3, 0.4) is 0 Å². The van der Waals surface area contributed by atoms with Gasteiger partial charge in [0.2, 0.25) is 0 Å². The van der Waals surface area contributed by atoms with E-state index in [0.29, 0.717) is 0 Å². The number of fused-ring (bicyclic) bond motifs is 1. The fraction of sp³-hybridized carbons (Fsp3) is 0.400. The lowest BCUT2D eigenvalue weighted by Gasteiger charge is -2.26. The van der Waals surface area contributed by atoms with Gasteiger partial charge in [-0.25, -0.2) is 0 Å². The SMILES string of the molecule is Cc1ccc2[nH]cc(C(=O)N3CCCCC3)c2c1. The average Bonchev–Trinajstić information content (AvgIpc) is 2.82. The molecule has 2 aromatic rings. The van der Waals surface area contributed by atoms with Gasteiger partial charge in [-0.1, -0.05) is 11.6 Å². The number of nitrogens with one attached hydrogen (secondary N) is 1. The summed E-state index contributed by atoms with van der Waals surface area (Å²) in [5, 5.41) is 1.05. The third kappa shape index (κ3) is 1.90. The van der Waals surface area contributed by atoms with E-state index in [1.165, 1.54) is 12.0 Å². The summed E-state index contributed by atoms with van der Waals surface area (Å²) in [5.41, 5.74) is 3.05. The predicted octanol–water partition coefficient (Wildman–Crippen LogP) is 3.10. The molecule has 94 valence electrons. The summed E-state index contributed by atoms with van der Waals surface area (Å²) in [5.74, 6) is 0.173. The number of aromatic amines is 1. The molecule has 1 aromatic carbocycles. The summed E-state index contributed by atoms with van der Waals surface area (Å²) in [6.45, 7) is 3.86. The summed E-state index contributed by atoms with van der Waals surface area (Å²) in [4.78, 5) is 17.7. The zero-order valence-electron chi connectivity index (χ0n) is 10.7. The van der Waals surface area contributed by atoms with Crippen LogP contribution in [0.4, 0.5) is 0 Å². The molecule has 3 nitrogen and oxygen atoms in total. The van der Waals surface area contributed by atoms with Crippen LogP contribution in [0.25, 0.3) is 10.9 Å². The van der Waals surface area contributed by atoms with Gasteiger partial charge in [0, 0.05) is 30.2 Å². The van der Waals surface area contributed by atoms with E-state index in [9.17, 15) is 4.79 Å². The molecule has 0 spiro atoms. The van der Waals surface area contributed by atoms with Crippen LogP contribution in [0, 0.1) is 6.92 Å². The number of carbonyl (C=O) groups excluding carboxylic acids is 1. The van der Waals surface area contributed by atoms with Crippen LogP contribution in [0.1, 0.15) is 35.2 Å². The molecule has 1 aromatic heterocycles. The van der Waals surface area contributed by atoms with Gasteiger partial charge in [0.25, 0.3) is 5.91 Å². The topological polar surface area (TPSA) is 36.1 Å². The number of aryl methyl sites for hydroxylation is 1. The molecule has 3 heteroatoms. The van der Waals surface area contributed by atoms with Crippen molar-refractivity contribution in [3.63, 3.8) is 0 Å². The molecule has 1 amide bonds. The minimum atomic E-state index is 0.173. The number of rotatable bonds is 1. The highest BCUT2D eigenvalue weighted by molar-refractivity contribution is 6.06. The Morgan fingerprint density at radius 2 is 2.00 bits per heavy atom. The fourth-order valence-electron chi connectivity index (χ4n) is 2.68. The molecule has 3 rings (SSSR count). The summed E-state index contributed by atoms with van der Waals surface area (Å²) >= 11 is 0. The van der Waals surface area contributed by atoms with Crippen molar-refractivity contribution in [1.82, 2.24) is 9.88 Å². The number of benzene rings is 1. The van der Waals surface area contributed by atoms with Crippen LogP contribution in [-0.4, -0.2) is 28.9 Å². The average molecular weight is 242 g/mol. The lowest BCUT2D eigenvalue weighted by Crippen LogP contribution is -2.35. The molecule has 0 bridgehead atoms. The van der Waals surface area contributed by atoms with E-state index >= 15 is 0 Å². The summed E-state index contributed by atoms with van der Waals surface area (Å²) in [6.07, 6.45) is 5.36. The molecule has 18 heavy (non-hydrogen) atoms. The first-order chi connectivity index (χ1) is 8.75. The molecular formula is C15H18N2O. The van der Waals surface area contributed by atoms with Gasteiger partial charge in [0.15, 0.2) is 0 Å². The standard InChI is InChI=1S/C15H18N2O/c1-11-5-6-14-12(9-11)13(10-16-14)15(18)17-7-3-2-4-8-17/h5-6,9-10,16H,2-4,7-8H2,1H3. The largest absolute Gasteiger partial charge is 0.360 e. The van der Waals surface area contributed by atoms with E-state index in [1.807, 2.05) is 17.2 Å². The highest BCUT2D eigenvalue weighted by Gasteiger charge is 2.20. The van der Waals surface area contributed by atoms with Crippen molar-refractivity contribution in [3.05, 3.63) is 35.5 Å². The molecule has 1 fully saturated rings. The molecule has 2 heterocycles. The number of piperidine rings is 1. The molecule has 0 aliphatic carbocycles. The quantitative estimate of drug-likeness (QED) is 0.819. The van der Waals surface area contributed by atoms with E-state index in [2.05, 4.69) is 24.0 Å². The van der Waals surface area contributed by atoms with E-state index in [-0.39, 0.29) is 5.91 Å². The minimum Gasteiger partial charge on any atom is -0.360 e. The third-order valence-corrected chi connectivity index (χ3v) is 3.71. The Morgan fingerprint density at radius 1 is 1.22 bits per heavy atom. The molecule has 0 saturated carbocycles. The number of aromatic nitrogens is 1. The molecular weight excluding hydrogens is 224 g/mol. The second-order valence-corrected chi connectivity index (χ2v) is 5.10. The summed E-state index contributed by atoms with van der Waals surface area (Å²) in [6, 6.07) is 6.19.